The third kappa shape index (κ3) is 6.22. The highest BCUT2D eigenvalue weighted by atomic mass is 15.1. The first kappa shape index (κ1) is 16.2. The Morgan fingerprint density at radius 2 is 1.53 bits per heavy atom. The minimum Gasteiger partial charge on any atom is -0.313 e. The van der Waals surface area contributed by atoms with Crippen molar-refractivity contribution in [2.45, 2.75) is 53.1 Å². The van der Waals surface area contributed by atoms with E-state index in [9.17, 15) is 0 Å². The molecule has 1 N–H and O–H groups in total. The van der Waals surface area contributed by atoms with E-state index in [0.29, 0.717) is 0 Å². The van der Waals surface area contributed by atoms with Crippen LogP contribution in [0.2, 0.25) is 0 Å². The summed E-state index contributed by atoms with van der Waals surface area (Å²) in [6, 6.07) is 8.85. The molecule has 0 amide bonds. The van der Waals surface area contributed by atoms with Crippen LogP contribution in [0.4, 0.5) is 0 Å². The number of nitrogens with zero attached hydrogens (tertiary/aromatic N) is 1. The van der Waals surface area contributed by atoms with Crippen LogP contribution in [-0.4, -0.2) is 24.5 Å². The maximum Gasteiger partial charge on any atom is 0.0236 e. The van der Waals surface area contributed by atoms with Crippen LogP contribution in [0.3, 0.4) is 0 Å². The number of benzene rings is 1. The minimum absolute atomic E-state index is 0.996. The molecule has 0 bridgehead atoms. The van der Waals surface area contributed by atoms with Crippen LogP contribution < -0.4 is 5.32 Å². The Morgan fingerprint density at radius 3 is 2.11 bits per heavy atom. The molecule has 0 fully saturated rings. The zero-order valence-electron chi connectivity index (χ0n) is 12.9. The Hall–Kier alpha value is -0.860. The maximum atomic E-state index is 3.51. The second-order valence-corrected chi connectivity index (χ2v) is 5.22. The van der Waals surface area contributed by atoms with Gasteiger partial charge in [0.05, 0.1) is 0 Å². The van der Waals surface area contributed by atoms with Crippen molar-refractivity contribution in [1.82, 2.24) is 10.2 Å². The van der Waals surface area contributed by atoms with E-state index in [1.807, 2.05) is 0 Å². The van der Waals surface area contributed by atoms with Crippen molar-refractivity contribution in [2.24, 2.45) is 0 Å². The molecule has 2 heteroatoms. The second-order valence-electron chi connectivity index (χ2n) is 5.22. The van der Waals surface area contributed by atoms with E-state index in [4.69, 9.17) is 0 Å². The second kappa shape index (κ2) is 9.99. The quantitative estimate of drug-likeness (QED) is 0.645. The van der Waals surface area contributed by atoms with E-state index >= 15 is 0 Å². The van der Waals surface area contributed by atoms with Gasteiger partial charge in [-0.1, -0.05) is 45.0 Å². The van der Waals surface area contributed by atoms with Crippen LogP contribution in [0.5, 0.6) is 0 Å². The molecule has 0 aliphatic heterocycles. The molecular weight excluding hydrogens is 232 g/mol. The Kier molecular flexibility index (Phi) is 8.52. The van der Waals surface area contributed by atoms with Crippen LogP contribution in [0.1, 0.15) is 51.2 Å². The van der Waals surface area contributed by atoms with Crippen molar-refractivity contribution in [1.29, 1.82) is 0 Å². The molecule has 0 aliphatic rings. The summed E-state index contributed by atoms with van der Waals surface area (Å²) in [4.78, 5) is 2.57. The average Bonchev–Trinajstić information content (AvgIpc) is 2.41. The molecule has 0 radical (unpaired) electrons. The lowest BCUT2D eigenvalue weighted by Gasteiger charge is -2.22. The summed E-state index contributed by atoms with van der Waals surface area (Å²) in [5, 5.41) is 3.51. The van der Waals surface area contributed by atoms with Crippen LogP contribution in [-0.2, 0) is 13.1 Å². The van der Waals surface area contributed by atoms with Crippen LogP contribution in [0, 0.1) is 0 Å². The predicted molar refractivity (Wildman–Crippen MR) is 84.3 cm³/mol. The van der Waals surface area contributed by atoms with E-state index < -0.39 is 0 Å². The van der Waals surface area contributed by atoms with E-state index in [0.717, 1.165) is 19.6 Å². The standard InChI is InChI=1S/C17H30N2/c1-4-11-18-14-16-9-7-8-10-17(16)15-19(12-5-2)13-6-3/h7-10,18H,4-6,11-15H2,1-3H3. The van der Waals surface area contributed by atoms with Gasteiger partial charge in [-0.2, -0.15) is 0 Å². The lowest BCUT2D eigenvalue weighted by atomic mass is 10.1. The number of rotatable bonds is 10. The molecule has 0 saturated heterocycles. The molecule has 0 heterocycles. The van der Waals surface area contributed by atoms with Gasteiger partial charge in [-0.15, -0.1) is 0 Å². The van der Waals surface area contributed by atoms with Crippen LogP contribution in [0.15, 0.2) is 24.3 Å². The normalized spacial score (nSPS) is 11.2. The van der Waals surface area contributed by atoms with Gasteiger partial charge in [0.15, 0.2) is 0 Å². The van der Waals surface area contributed by atoms with Crippen molar-refractivity contribution in [3.63, 3.8) is 0 Å². The summed E-state index contributed by atoms with van der Waals surface area (Å²) in [6.45, 7) is 12.3. The van der Waals surface area contributed by atoms with Gasteiger partial charge in [-0.3, -0.25) is 4.90 Å². The SMILES string of the molecule is CCCNCc1ccccc1CN(CCC)CCC. The van der Waals surface area contributed by atoms with Gasteiger partial charge in [-0.05, 0) is 50.0 Å². The maximum absolute atomic E-state index is 3.51. The van der Waals surface area contributed by atoms with Crippen LogP contribution in [0.25, 0.3) is 0 Å². The highest BCUT2D eigenvalue weighted by molar-refractivity contribution is 5.27. The van der Waals surface area contributed by atoms with Gasteiger partial charge in [0.25, 0.3) is 0 Å². The Balaban J connectivity index is 2.63. The molecule has 0 saturated carbocycles. The van der Waals surface area contributed by atoms with Crippen molar-refractivity contribution in [3.05, 3.63) is 35.4 Å². The van der Waals surface area contributed by atoms with E-state index in [-0.39, 0.29) is 0 Å². The predicted octanol–water partition coefficient (Wildman–Crippen LogP) is 3.81. The summed E-state index contributed by atoms with van der Waals surface area (Å²) < 4.78 is 0. The summed E-state index contributed by atoms with van der Waals surface area (Å²) in [6.07, 6.45) is 3.66. The smallest absolute Gasteiger partial charge is 0.0236 e. The number of nitrogens with one attached hydrogen (secondary N) is 1. The number of hydrogen-bond acceptors (Lipinski definition) is 2. The third-order valence-corrected chi connectivity index (χ3v) is 3.33. The molecule has 1 rings (SSSR count). The topological polar surface area (TPSA) is 15.3 Å². The largest absolute Gasteiger partial charge is 0.313 e. The molecule has 0 unspecified atom stereocenters. The molecule has 1 aromatic carbocycles. The van der Waals surface area contributed by atoms with Crippen molar-refractivity contribution < 1.29 is 0 Å². The van der Waals surface area contributed by atoms with Crippen molar-refractivity contribution in [2.75, 3.05) is 19.6 Å². The molecule has 2 nitrogen and oxygen atoms in total. The fraction of sp³-hybridized carbons (Fsp3) is 0.647. The Labute approximate surface area is 119 Å². The molecular formula is C17H30N2. The highest BCUT2D eigenvalue weighted by Gasteiger charge is 2.07. The minimum atomic E-state index is 0.996. The summed E-state index contributed by atoms with van der Waals surface area (Å²) in [5.41, 5.74) is 2.93. The molecule has 1 aromatic rings. The third-order valence-electron chi connectivity index (χ3n) is 3.33. The fourth-order valence-electron chi connectivity index (χ4n) is 2.43. The first-order valence-electron chi connectivity index (χ1n) is 7.81. The molecule has 19 heavy (non-hydrogen) atoms. The van der Waals surface area contributed by atoms with E-state index in [1.54, 1.807) is 0 Å². The molecule has 0 aliphatic carbocycles. The lowest BCUT2D eigenvalue weighted by Crippen LogP contribution is -2.26. The van der Waals surface area contributed by atoms with Gasteiger partial charge in [0.2, 0.25) is 0 Å². The Bertz CT molecular complexity index is 330. The molecule has 0 atom stereocenters. The lowest BCUT2D eigenvalue weighted by molar-refractivity contribution is 0.265. The van der Waals surface area contributed by atoms with Crippen LogP contribution >= 0.6 is 0 Å². The first-order chi connectivity index (χ1) is 9.31. The zero-order chi connectivity index (χ0) is 13.9. The number of hydrogen-bond donors (Lipinski definition) is 1. The van der Waals surface area contributed by atoms with Crippen molar-refractivity contribution >= 4 is 0 Å². The zero-order valence-corrected chi connectivity index (χ0v) is 12.9. The van der Waals surface area contributed by atoms with Gasteiger partial charge >= 0.3 is 0 Å². The first-order valence-corrected chi connectivity index (χ1v) is 7.81. The van der Waals surface area contributed by atoms with Gasteiger partial charge in [0, 0.05) is 13.1 Å². The van der Waals surface area contributed by atoms with Gasteiger partial charge in [-0.25, -0.2) is 0 Å². The van der Waals surface area contributed by atoms with Gasteiger partial charge < -0.3 is 5.32 Å². The molecule has 0 spiro atoms. The monoisotopic (exact) mass is 262 g/mol. The molecule has 0 aromatic heterocycles. The van der Waals surface area contributed by atoms with E-state index in [2.05, 4.69) is 55.3 Å². The fourth-order valence-corrected chi connectivity index (χ4v) is 2.43. The summed E-state index contributed by atoms with van der Waals surface area (Å²) >= 11 is 0. The van der Waals surface area contributed by atoms with Gasteiger partial charge in [0.1, 0.15) is 0 Å². The van der Waals surface area contributed by atoms with Crippen molar-refractivity contribution in [3.8, 4) is 0 Å². The molecule has 108 valence electrons. The Morgan fingerprint density at radius 1 is 0.895 bits per heavy atom. The van der Waals surface area contributed by atoms with E-state index in [1.165, 1.54) is 43.5 Å². The summed E-state index contributed by atoms with van der Waals surface area (Å²) in [7, 11) is 0. The summed E-state index contributed by atoms with van der Waals surface area (Å²) in [5.74, 6) is 0. The highest BCUT2D eigenvalue weighted by Crippen LogP contribution is 2.12. The average molecular weight is 262 g/mol.